The molecule has 1 aromatic heterocycles. The normalized spacial score (nSPS) is 17.1. The number of carbonyl (C=O) groups is 1. The molecule has 0 aliphatic carbocycles. The Hall–Kier alpha value is -2.63. The Kier molecular flexibility index (Phi) is 5.20. The van der Waals surface area contributed by atoms with Gasteiger partial charge in [0.15, 0.2) is 5.17 Å². The molecule has 3 aromatic rings. The first-order valence-corrected chi connectivity index (χ1v) is 10.7. The highest BCUT2D eigenvalue weighted by molar-refractivity contribution is 8.19. The lowest BCUT2D eigenvalue weighted by Gasteiger charge is -2.18. The second kappa shape index (κ2) is 7.78. The minimum Gasteiger partial charge on any atom is -0.268 e. The average Bonchev–Trinajstić information content (AvgIpc) is 3.21. The molecule has 1 aliphatic heterocycles. The zero-order valence-corrected chi connectivity index (χ0v) is 17.6. The number of amidine groups is 1. The number of thiophene rings is 1. The second-order valence-corrected chi connectivity index (χ2v) is 8.64. The number of benzene rings is 2. The topological polar surface area (TPSA) is 32.7 Å². The van der Waals surface area contributed by atoms with Crippen LogP contribution >= 0.6 is 23.1 Å². The number of aryl methyl sites for hydroxylation is 3. The van der Waals surface area contributed by atoms with Gasteiger partial charge in [0, 0.05) is 4.88 Å². The summed E-state index contributed by atoms with van der Waals surface area (Å²) in [7, 11) is 0. The number of hydrogen-bond acceptors (Lipinski definition) is 4. The molecular weight excluding hydrogens is 384 g/mol. The molecule has 2 aromatic carbocycles. The number of aliphatic imine (C=N–C) groups is 1. The van der Waals surface area contributed by atoms with Gasteiger partial charge in [-0.05, 0) is 78.9 Å². The smallest absolute Gasteiger partial charge is 0.268 e. The molecule has 0 bridgehead atoms. The molecule has 3 nitrogen and oxygen atoms in total. The molecule has 0 unspecified atom stereocenters. The molecule has 4 rings (SSSR count). The Morgan fingerprint density at radius 2 is 1.61 bits per heavy atom. The van der Waals surface area contributed by atoms with Crippen molar-refractivity contribution in [1.82, 2.24) is 0 Å². The summed E-state index contributed by atoms with van der Waals surface area (Å²) in [6.45, 7) is 6.11. The molecule has 0 radical (unpaired) electrons. The molecule has 1 amide bonds. The van der Waals surface area contributed by atoms with Crippen molar-refractivity contribution in [1.29, 1.82) is 0 Å². The van der Waals surface area contributed by atoms with E-state index >= 15 is 0 Å². The largest absolute Gasteiger partial charge is 0.271 e. The lowest BCUT2D eigenvalue weighted by atomic mass is 10.2. The summed E-state index contributed by atoms with van der Waals surface area (Å²) in [5.41, 5.74) is 5.06. The van der Waals surface area contributed by atoms with Crippen molar-refractivity contribution in [2.75, 3.05) is 4.90 Å². The van der Waals surface area contributed by atoms with E-state index in [0.717, 1.165) is 27.4 Å². The van der Waals surface area contributed by atoms with Gasteiger partial charge in [-0.3, -0.25) is 9.69 Å². The van der Waals surface area contributed by atoms with Crippen LogP contribution in [0.2, 0.25) is 0 Å². The number of hydrogen-bond donors (Lipinski definition) is 0. The zero-order chi connectivity index (χ0) is 19.7. The van der Waals surface area contributed by atoms with Crippen molar-refractivity contribution in [2.24, 2.45) is 4.99 Å². The van der Waals surface area contributed by atoms with Crippen molar-refractivity contribution in [2.45, 2.75) is 20.8 Å². The maximum Gasteiger partial charge on any atom is 0.271 e. The van der Waals surface area contributed by atoms with Gasteiger partial charge in [-0.25, -0.2) is 4.99 Å². The summed E-state index contributed by atoms with van der Waals surface area (Å²) >= 11 is 3.08. The highest BCUT2D eigenvalue weighted by atomic mass is 32.2. The number of amides is 1. The zero-order valence-electron chi connectivity index (χ0n) is 16.0. The van der Waals surface area contributed by atoms with E-state index in [1.807, 2.05) is 73.8 Å². The summed E-state index contributed by atoms with van der Waals surface area (Å²) in [4.78, 5) is 21.7. The van der Waals surface area contributed by atoms with Gasteiger partial charge in [0.05, 0.1) is 16.3 Å². The van der Waals surface area contributed by atoms with Crippen LogP contribution in [0.1, 0.15) is 21.6 Å². The lowest BCUT2D eigenvalue weighted by molar-refractivity contribution is -0.113. The van der Waals surface area contributed by atoms with E-state index in [1.165, 1.54) is 17.3 Å². The molecule has 1 aliphatic rings. The number of nitrogens with zero attached hydrogens (tertiary/aromatic N) is 2. The minimum absolute atomic E-state index is 0.0283. The van der Waals surface area contributed by atoms with Crippen molar-refractivity contribution in [3.8, 4) is 0 Å². The minimum atomic E-state index is -0.0283. The molecule has 0 spiro atoms. The van der Waals surface area contributed by atoms with Crippen LogP contribution in [0.5, 0.6) is 0 Å². The third-order valence-corrected chi connectivity index (χ3v) is 6.59. The van der Waals surface area contributed by atoms with Gasteiger partial charge in [0.1, 0.15) is 0 Å². The summed E-state index contributed by atoms with van der Waals surface area (Å²) in [5.74, 6) is -0.0283. The van der Waals surface area contributed by atoms with Crippen LogP contribution in [0.4, 0.5) is 11.4 Å². The van der Waals surface area contributed by atoms with Gasteiger partial charge in [0.2, 0.25) is 0 Å². The first kappa shape index (κ1) is 18.7. The van der Waals surface area contributed by atoms with Gasteiger partial charge in [0.25, 0.3) is 5.91 Å². The third kappa shape index (κ3) is 3.55. The van der Waals surface area contributed by atoms with Crippen LogP contribution in [-0.2, 0) is 4.79 Å². The summed E-state index contributed by atoms with van der Waals surface area (Å²) in [5, 5.41) is 2.74. The number of rotatable bonds is 3. The van der Waals surface area contributed by atoms with Crippen molar-refractivity contribution in [3.63, 3.8) is 0 Å². The van der Waals surface area contributed by atoms with Gasteiger partial charge in [-0.2, -0.15) is 0 Å². The fourth-order valence-corrected chi connectivity index (χ4v) is 4.92. The summed E-state index contributed by atoms with van der Waals surface area (Å²) in [6.07, 6.45) is 1.98. The van der Waals surface area contributed by atoms with E-state index in [1.54, 1.807) is 16.2 Å². The van der Waals surface area contributed by atoms with E-state index in [4.69, 9.17) is 4.99 Å². The standard InChI is InChI=1S/C23H20N2OS2/c1-15-8-4-6-10-18(15)24-23-25(19-11-7-5-9-16(19)2)22(26)21(28-23)14-20-17(3)12-13-27-20/h4-14H,1-3H3/b21-14-,24-23?. The van der Waals surface area contributed by atoms with Crippen LogP contribution in [-0.4, -0.2) is 11.1 Å². The number of para-hydroxylation sites is 2. The summed E-state index contributed by atoms with van der Waals surface area (Å²) in [6, 6.07) is 18.0. The van der Waals surface area contributed by atoms with Crippen LogP contribution in [0.25, 0.3) is 6.08 Å². The van der Waals surface area contributed by atoms with Crippen LogP contribution in [0.3, 0.4) is 0 Å². The Bertz CT molecular complexity index is 1110. The maximum absolute atomic E-state index is 13.3. The lowest BCUT2D eigenvalue weighted by Crippen LogP contribution is -2.29. The van der Waals surface area contributed by atoms with Gasteiger partial charge in [-0.15, -0.1) is 11.3 Å². The molecule has 1 saturated heterocycles. The maximum atomic E-state index is 13.3. The van der Waals surface area contributed by atoms with E-state index in [2.05, 4.69) is 13.0 Å². The van der Waals surface area contributed by atoms with E-state index in [9.17, 15) is 4.79 Å². The van der Waals surface area contributed by atoms with Gasteiger partial charge >= 0.3 is 0 Å². The molecule has 0 atom stereocenters. The Morgan fingerprint density at radius 1 is 0.893 bits per heavy atom. The molecule has 140 valence electrons. The molecule has 0 saturated carbocycles. The highest BCUT2D eigenvalue weighted by Crippen LogP contribution is 2.39. The van der Waals surface area contributed by atoms with E-state index in [-0.39, 0.29) is 5.91 Å². The van der Waals surface area contributed by atoms with Crippen LogP contribution in [0.15, 0.2) is 69.9 Å². The first-order chi connectivity index (χ1) is 13.5. The monoisotopic (exact) mass is 404 g/mol. The average molecular weight is 405 g/mol. The second-order valence-electron chi connectivity index (χ2n) is 6.69. The van der Waals surface area contributed by atoms with Gasteiger partial charge < -0.3 is 0 Å². The van der Waals surface area contributed by atoms with Gasteiger partial charge in [-0.1, -0.05) is 36.4 Å². The Balaban J connectivity index is 1.84. The summed E-state index contributed by atoms with van der Waals surface area (Å²) < 4.78 is 0. The van der Waals surface area contributed by atoms with Crippen LogP contribution < -0.4 is 4.90 Å². The van der Waals surface area contributed by atoms with E-state index < -0.39 is 0 Å². The molecule has 28 heavy (non-hydrogen) atoms. The van der Waals surface area contributed by atoms with Crippen LogP contribution in [0, 0.1) is 20.8 Å². The molecule has 2 heterocycles. The number of anilines is 1. The Labute approximate surface area is 173 Å². The molecular formula is C23H20N2OS2. The molecule has 5 heteroatoms. The highest BCUT2D eigenvalue weighted by Gasteiger charge is 2.35. The fourth-order valence-electron chi connectivity index (χ4n) is 3.02. The molecule has 0 N–H and O–H groups in total. The number of thioether (sulfide) groups is 1. The van der Waals surface area contributed by atoms with E-state index in [0.29, 0.717) is 10.1 Å². The third-order valence-electron chi connectivity index (χ3n) is 4.66. The number of carbonyl (C=O) groups excluding carboxylic acids is 1. The predicted octanol–water partition coefficient (Wildman–Crippen LogP) is 6.48. The predicted molar refractivity (Wildman–Crippen MR) is 122 cm³/mol. The first-order valence-electron chi connectivity index (χ1n) is 9.02. The van der Waals surface area contributed by atoms with Crippen molar-refractivity contribution in [3.05, 3.63) is 86.5 Å². The quantitative estimate of drug-likeness (QED) is 0.468. The Morgan fingerprint density at radius 3 is 2.29 bits per heavy atom. The van der Waals surface area contributed by atoms with Crippen molar-refractivity contribution >= 4 is 51.6 Å². The van der Waals surface area contributed by atoms with Crippen molar-refractivity contribution < 1.29 is 4.79 Å². The molecule has 1 fully saturated rings. The fraction of sp³-hybridized carbons (Fsp3) is 0.130. The SMILES string of the molecule is Cc1ccccc1N=C1S/C(=C\c2sccc2C)C(=O)N1c1ccccc1C.